The maximum atomic E-state index is 4.72. The van der Waals surface area contributed by atoms with Crippen LogP contribution in [-0.4, -0.2) is 43.7 Å². The molecule has 104 valence electrons. The third-order valence-electron chi connectivity index (χ3n) is 3.49. The lowest BCUT2D eigenvalue weighted by molar-refractivity contribution is 0.698. The zero-order chi connectivity index (χ0) is 12.9. The van der Waals surface area contributed by atoms with Gasteiger partial charge in [-0.25, -0.2) is 4.98 Å². The molecule has 0 spiro atoms. The van der Waals surface area contributed by atoms with Gasteiger partial charge in [0.15, 0.2) is 11.1 Å². The van der Waals surface area contributed by atoms with Crippen LogP contribution in [-0.2, 0) is 6.42 Å². The Morgan fingerprint density at radius 2 is 2.21 bits per heavy atom. The van der Waals surface area contributed by atoms with Crippen LogP contribution in [0.2, 0.25) is 0 Å². The maximum absolute atomic E-state index is 4.72. The van der Waals surface area contributed by atoms with Gasteiger partial charge in [0, 0.05) is 44.5 Å². The van der Waals surface area contributed by atoms with Gasteiger partial charge in [-0.05, 0) is 19.3 Å². The first kappa shape index (κ1) is 12.7. The molecule has 0 aromatic carbocycles. The highest BCUT2D eigenvalue weighted by Gasteiger charge is 2.15. The molecule has 2 aliphatic heterocycles. The fraction of sp³-hybridized carbons (Fsp3) is 0.692. The van der Waals surface area contributed by atoms with Crippen LogP contribution in [0.25, 0.3) is 0 Å². The number of nitrogens with zero attached hydrogens (tertiary/aromatic N) is 3. The van der Waals surface area contributed by atoms with Crippen molar-refractivity contribution in [3.05, 3.63) is 11.1 Å². The topological polar surface area (TPSA) is 52.6 Å². The summed E-state index contributed by atoms with van der Waals surface area (Å²) in [6, 6.07) is 0. The van der Waals surface area contributed by atoms with E-state index in [1.807, 2.05) is 0 Å². The van der Waals surface area contributed by atoms with Crippen LogP contribution in [0.1, 0.15) is 25.0 Å². The largest absolute Gasteiger partial charge is 0.356 e. The van der Waals surface area contributed by atoms with E-state index in [1.54, 1.807) is 11.3 Å². The van der Waals surface area contributed by atoms with Gasteiger partial charge in [-0.2, -0.15) is 0 Å². The molecule has 3 rings (SSSR count). The van der Waals surface area contributed by atoms with Crippen molar-refractivity contribution in [2.75, 3.05) is 37.6 Å². The summed E-state index contributed by atoms with van der Waals surface area (Å²) in [4.78, 5) is 11.5. The molecule has 0 unspecified atom stereocenters. The van der Waals surface area contributed by atoms with Crippen LogP contribution in [0.4, 0.5) is 5.13 Å². The molecular formula is C13H21N5S. The zero-order valence-electron chi connectivity index (χ0n) is 11.2. The van der Waals surface area contributed by atoms with Crippen molar-refractivity contribution >= 4 is 22.4 Å². The minimum atomic E-state index is 0.898. The third-order valence-corrected chi connectivity index (χ3v) is 4.44. The third kappa shape index (κ3) is 3.37. The van der Waals surface area contributed by atoms with Crippen molar-refractivity contribution in [2.24, 2.45) is 4.99 Å². The number of hydrogen-bond acceptors (Lipinski definition) is 6. The predicted octanol–water partition coefficient (Wildman–Crippen LogP) is 1.22. The van der Waals surface area contributed by atoms with Gasteiger partial charge < -0.3 is 15.5 Å². The molecule has 2 N–H and O–H groups in total. The number of aromatic nitrogens is 1. The molecule has 19 heavy (non-hydrogen) atoms. The molecule has 0 saturated carbocycles. The van der Waals surface area contributed by atoms with Crippen molar-refractivity contribution in [1.29, 1.82) is 0 Å². The second-order valence-corrected chi connectivity index (χ2v) is 5.84. The van der Waals surface area contributed by atoms with Crippen LogP contribution in [0, 0.1) is 0 Å². The summed E-state index contributed by atoms with van der Waals surface area (Å²) < 4.78 is 0. The molecular weight excluding hydrogens is 258 g/mol. The van der Waals surface area contributed by atoms with Gasteiger partial charge in [0.25, 0.3) is 0 Å². The first-order valence-corrected chi connectivity index (χ1v) is 8.01. The van der Waals surface area contributed by atoms with E-state index in [4.69, 9.17) is 4.98 Å². The number of guanidine groups is 1. The molecule has 2 aliphatic rings. The van der Waals surface area contributed by atoms with Crippen LogP contribution in [0.15, 0.2) is 10.4 Å². The van der Waals surface area contributed by atoms with Crippen LogP contribution in [0.5, 0.6) is 0 Å². The van der Waals surface area contributed by atoms with Crippen molar-refractivity contribution in [2.45, 2.75) is 25.7 Å². The highest BCUT2D eigenvalue weighted by atomic mass is 32.1. The Morgan fingerprint density at radius 1 is 1.32 bits per heavy atom. The Morgan fingerprint density at radius 3 is 3.00 bits per heavy atom. The van der Waals surface area contributed by atoms with Gasteiger partial charge in [0.05, 0.1) is 5.69 Å². The summed E-state index contributed by atoms with van der Waals surface area (Å²) >= 11 is 1.77. The molecule has 0 aliphatic carbocycles. The Balaban J connectivity index is 1.46. The summed E-state index contributed by atoms with van der Waals surface area (Å²) in [5, 5.41) is 9.99. The monoisotopic (exact) mass is 279 g/mol. The molecule has 1 aromatic rings. The second kappa shape index (κ2) is 6.23. The molecule has 0 amide bonds. The van der Waals surface area contributed by atoms with E-state index in [9.17, 15) is 0 Å². The van der Waals surface area contributed by atoms with E-state index in [0.29, 0.717) is 0 Å². The number of nitrogens with one attached hydrogen (secondary N) is 2. The summed E-state index contributed by atoms with van der Waals surface area (Å²) in [6.45, 7) is 5.21. The highest BCUT2D eigenvalue weighted by Crippen LogP contribution is 2.24. The molecule has 3 heterocycles. The van der Waals surface area contributed by atoms with E-state index in [2.05, 4.69) is 25.9 Å². The van der Waals surface area contributed by atoms with Gasteiger partial charge in [-0.1, -0.05) is 0 Å². The van der Waals surface area contributed by atoms with Gasteiger partial charge in [0.2, 0.25) is 0 Å². The summed E-state index contributed by atoms with van der Waals surface area (Å²) in [7, 11) is 0. The van der Waals surface area contributed by atoms with Gasteiger partial charge in [0.1, 0.15) is 0 Å². The van der Waals surface area contributed by atoms with E-state index in [-0.39, 0.29) is 0 Å². The molecule has 0 atom stereocenters. The van der Waals surface area contributed by atoms with Crippen molar-refractivity contribution in [3.8, 4) is 0 Å². The molecule has 5 nitrogen and oxygen atoms in total. The SMILES string of the molecule is c1sc(N2CCCC2)nc1CCNC1=NCCCN1. The Hall–Kier alpha value is -1.30. The average Bonchev–Trinajstić information content (AvgIpc) is 3.10. The lowest BCUT2D eigenvalue weighted by Crippen LogP contribution is -2.41. The number of anilines is 1. The number of rotatable bonds is 4. The molecule has 1 aromatic heterocycles. The van der Waals surface area contributed by atoms with Crippen LogP contribution in [0.3, 0.4) is 0 Å². The summed E-state index contributed by atoms with van der Waals surface area (Å²) in [6.07, 6.45) is 4.71. The maximum Gasteiger partial charge on any atom is 0.191 e. The molecule has 1 fully saturated rings. The first-order valence-electron chi connectivity index (χ1n) is 7.13. The van der Waals surface area contributed by atoms with Crippen molar-refractivity contribution in [3.63, 3.8) is 0 Å². The highest BCUT2D eigenvalue weighted by molar-refractivity contribution is 7.13. The molecule has 6 heteroatoms. The Kier molecular flexibility index (Phi) is 4.17. The summed E-state index contributed by atoms with van der Waals surface area (Å²) in [5.74, 6) is 0.946. The van der Waals surface area contributed by atoms with Crippen LogP contribution < -0.4 is 15.5 Å². The molecule has 0 radical (unpaired) electrons. The lowest BCUT2D eigenvalue weighted by atomic mass is 10.3. The quantitative estimate of drug-likeness (QED) is 0.870. The average molecular weight is 279 g/mol. The van der Waals surface area contributed by atoms with E-state index in [0.717, 1.165) is 38.4 Å². The normalized spacial score (nSPS) is 19.2. The zero-order valence-corrected chi connectivity index (χ0v) is 12.0. The van der Waals surface area contributed by atoms with Crippen molar-refractivity contribution in [1.82, 2.24) is 15.6 Å². The van der Waals surface area contributed by atoms with Gasteiger partial charge in [-0.15, -0.1) is 11.3 Å². The number of hydrogen-bond donors (Lipinski definition) is 2. The van der Waals surface area contributed by atoms with Crippen molar-refractivity contribution < 1.29 is 0 Å². The van der Waals surface area contributed by atoms with Gasteiger partial charge in [-0.3, -0.25) is 4.99 Å². The molecule has 1 saturated heterocycles. The Labute approximate surface area is 118 Å². The van der Waals surface area contributed by atoms with Gasteiger partial charge >= 0.3 is 0 Å². The van der Waals surface area contributed by atoms with Crippen LogP contribution >= 0.6 is 11.3 Å². The lowest BCUT2D eigenvalue weighted by Gasteiger charge is -2.15. The fourth-order valence-corrected chi connectivity index (χ4v) is 3.34. The van der Waals surface area contributed by atoms with E-state index in [1.165, 1.54) is 36.8 Å². The predicted molar refractivity (Wildman–Crippen MR) is 80.2 cm³/mol. The standard InChI is InChI=1S/C13H21N5S/c1-2-9-18(8-1)13-17-11(10-19-13)4-7-16-12-14-5-3-6-15-12/h10H,1-9H2,(H2,14,15,16). The smallest absolute Gasteiger partial charge is 0.191 e. The first-order chi connectivity index (χ1) is 9.42. The number of thiazole rings is 1. The second-order valence-electron chi connectivity index (χ2n) is 5.00. The van der Waals surface area contributed by atoms with E-state index < -0.39 is 0 Å². The molecule has 0 bridgehead atoms. The van der Waals surface area contributed by atoms with E-state index >= 15 is 0 Å². The Bertz CT molecular complexity index is 436. The number of aliphatic imine (C=N–C) groups is 1. The minimum absolute atomic E-state index is 0.898. The fourth-order valence-electron chi connectivity index (χ4n) is 2.42. The minimum Gasteiger partial charge on any atom is -0.356 e. The summed E-state index contributed by atoms with van der Waals surface area (Å²) in [5.41, 5.74) is 1.19.